The van der Waals surface area contributed by atoms with Gasteiger partial charge in [0.05, 0.1) is 6.61 Å². The van der Waals surface area contributed by atoms with Crippen molar-refractivity contribution in [3.63, 3.8) is 0 Å². The van der Waals surface area contributed by atoms with Crippen molar-refractivity contribution in [1.29, 1.82) is 0 Å². The fourth-order valence-corrected chi connectivity index (χ4v) is 3.74. The third-order valence-corrected chi connectivity index (χ3v) is 4.92. The number of likely N-dealkylation sites (N-methyl/N-ethyl adjacent to an activating group) is 1. The number of hydrogen-bond donors (Lipinski definition) is 1. The maximum absolute atomic E-state index is 12.4. The lowest BCUT2D eigenvalue weighted by molar-refractivity contribution is -0.151. The van der Waals surface area contributed by atoms with E-state index in [1.807, 2.05) is 6.92 Å². The zero-order valence-corrected chi connectivity index (χ0v) is 14.0. The van der Waals surface area contributed by atoms with E-state index in [4.69, 9.17) is 4.74 Å². The number of ether oxygens (including phenoxy) is 1. The summed E-state index contributed by atoms with van der Waals surface area (Å²) in [6, 6.07) is 1.33. The van der Waals surface area contributed by atoms with Crippen LogP contribution in [0.5, 0.6) is 0 Å². The maximum atomic E-state index is 12.4. The molecule has 2 atom stereocenters. The highest BCUT2D eigenvalue weighted by atomic mass is 16.5. The second kappa shape index (κ2) is 7.59. The zero-order chi connectivity index (χ0) is 15.3. The number of nitrogens with one attached hydrogen (secondary N) is 1. The first-order valence-electron chi connectivity index (χ1n) is 8.84. The van der Waals surface area contributed by atoms with E-state index in [0.29, 0.717) is 12.6 Å². The number of unbranched alkanes of at least 4 members (excludes halogenated alkanes) is 1. The van der Waals surface area contributed by atoms with Gasteiger partial charge in [0.15, 0.2) is 0 Å². The third kappa shape index (κ3) is 3.98. The van der Waals surface area contributed by atoms with E-state index in [2.05, 4.69) is 24.1 Å². The molecule has 1 N–H and O–H groups in total. The molecule has 2 aliphatic rings. The van der Waals surface area contributed by atoms with Crippen molar-refractivity contribution >= 4 is 5.97 Å². The van der Waals surface area contributed by atoms with Crippen LogP contribution in [-0.2, 0) is 9.53 Å². The van der Waals surface area contributed by atoms with Gasteiger partial charge in [-0.25, -0.2) is 0 Å². The maximum Gasteiger partial charge on any atom is 0.326 e. The summed E-state index contributed by atoms with van der Waals surface area (Å²) >= 11 is 0. The molecule has 0 aromatic carbocycles. The molecule has 2 rings (SSSR count). The van der Waals surface area contributed by atoms with Crippen molar-refractivity contribution in [2.45, 2.75) is 83.3 Å². The molecule has 0 spiro atoms. The normalized spacial score (nSPS) is 29.0. The number of carbonyl (C=O) groups excluding carboxylic acids is 1. The van der Waals surface area contributed by atoms with Crippen LogP contribution in [0.3, 0.4) is 0 Å². The standard InChI is InChI=1S/C17H32N2O2/c1-4-7-12-19(14-8-9-14)15-10-11-17(13-15,18-5-2)16(20)21-6-3/h14-15,18H,4-13H2,1-3H3. The highest BCUT2D eigenvalue weighted by molar-refractivity contribution is 5.81. The van der Waals surface area contributed by atoms with Crippen LogP contribution in [0, 0.1) is 0 Å². The average Bonchev–Trinajstić information content (AvgIpc) is 3.21. The van der Waals surface area contributed by atoms with Crippen molar-refractivity contribution in [3.05, 3.63) is 0 Å². The van der Waals surface area contributed by atoms with Gasteiger partial charge in [0.25, 0.3) is 0 Å². The fraction of sp³-hybridized carbons (Fsp3) is 0.941. The molecule has 2 unspecified atom stereocenters. The average molecular weight is 296 g/mol. The molecule has 0 amide bonds. The van der Waals surface area contributed by atoms with Gasteiger partial charge in [-0.05, 0) is 58.5 Å². The summed E-state index contributed by atoms with van der Waals surface area (Å²) in [7, 11) is 0. The van der Waals surface area contributed by atoms with Gasteiger partial charge in [-0.1, -0.05) is 20.3 Å². The molecule has 21 heavy (non-hydrogen) atoms. The monoisotopic (exact) mass is 296 g/mol. The highest BCUT2D eigenvalue weighted by Gasteiger charge is 2.49. The molecule has 0 heterocycles. The van der Waals surface area contributed by atoms with Crippen LogP contribution in [0.4, 0.5) is 0 Å². The predicted octanol–water partition coefficient (Wildman–Crippen LogP) is 2.71. The molecule has 2 aliphatic carbocycles. The molecule has 0 radical (unpaired) electrons. The van der Waals surface area contributed by atoms with Crippen molar-refractivity contribution in [2.24, 2.45) is 0 Å². The van der Waals surface area contributed by atoms with Crippen molar-refractivity contribution in [2.75, 3.05) is 19.7 Å². The number of nitrogens with zero attached hydrogens (tertiary/aromatic N) is 1. The molecule has 0 saturated heterocycles. The Labute approximate surface area is 129 Å². The molecular formula is C17H32N2O2. The van der Waals surface area contributed by atoms with E-state index in [0.717, 1.165) is 31.8 Å². The van der Waals surface area contributed by atoms with Crippen LogP contribution >= 0.6 is 0 Å². The summed E-state index contributed by atoms with van der Waals surface area (Å²) in [4.78, 5) is 15.1. The van der Waals surface area contributed by atoms with E-state index < -0.39 is 5.54 Å². The van der Waals surface area contributed by atoms with Gasteiger partial charge >= 0.3 is 5.97 Å². The van der Waals surface area contributed by atoms with Crippen LogP contribution in [0.2, 0.25) is 0 Å². The van der Waals surface area contributed by atoms with Crippen LogP contribution in [-0.4, -0.2) is 48.2 Å². The SMILES string of the molecule is CCCCN(C1CC1)C1CCC(NCC)(C(=O)OCC)C1. The summed E-state index contributed by atoms with van der Waals surface area (Å²) < 4.78 is 5.35. The molecule has 2 fully saturated rings. The van der Waals surface area contributed by atoms with Crippen LogP contribution in [0.15, 0.2) is 0 Å². The Balaban J connectivity index is 2.01. The minimum Gasteiger partial charge on any atom is -0.465 e. The van der Waals surface area contributed by atoms with E-state index in [9.17, 15) is 4.79 Å². The Morgan fingerprint density at radius 3 is 2.57 bits per heavy atom. The summed E-state index contributed by atoms with van der Waals surface area (Å²) in [5.41, 5.74) is -0.436. The number of carbonyl (C=O) groups is 1. The lowest BCUT2D eigenvalue weighted by Gasteiger charge is -2.32. The molecule has 2 saturated carbocycles. The van der Waals surface area contributed by atoms with Crippen molar-refractivity contribution < 1.29 is 9.53 Å². The Morgan fingerprint density at radius 1 is 1.24 bits per heavy atom. The molecule has 4 heteroatoms. The smallest absolute Gasteiger partial charge is 0.326 e. The lowest BCUT2D eigenvalue weighted by atomic mass is 9.97. The minimum atomic E-state index is -0.436. The van der Waals surface area contributed by atoms with Crippen molar-refractivity contribution in [1.82, 2.24) is 10.2 Å². The second-order valence-electron chi connectivity index (χ2n) is 6.55. The number of hydrogen-bond acceptors (Lipinski definition) is 4. The summed E-state index contributed by atoms with van der Waals surface area (Å²) in [5.74, 6) is -0.0411. The van der Waals surface area contributed by atoms with E-state index in [1.54, 1.807) is 0 Å². The zero-order valence-electron chi connectivity index (χ0n) is 14.0. The molecule has 0 bridgehead atoms. The molecular weight excluding hydrogens is 264 g/mol. The van der Waals surface area contributed by atoms with Gasteiger partial charge in [0, 0.05) is 12.1 Å². The van der Waals surface area contributed by atoms with Crippen LogP contribution in [0.25, 0.3) is 0 Å². The minimum absolute atomic E-state index is 0.0411. The largest absolute Gasteiger partial charge is 0.465 e. The first kappa shape index (κ1) is 16.8. The third-order valence-electron chi connectivity index (χ3n) is 4.92. The Bertz CT molecular complexity index is 344. The van der Waals surface area contributed by atoms with Gasteiger partial charge in [-0.3, -0.25) is 9.69 Å². The molecule has 0 aromatic rings. The van der Waals surface area contributed by atoms with Crippen LogP contribution < -0.4 is 5.32 Å². The Kier molecular flexibility index (Phi) is 6.06. The Morgan fingerprint density at radius 2 is 2.00 bits per heavy atom. The Hall–Kier alpha value is -0.610. The van der Waals surface area contributed by atoms with Gasteiger partial charge in [0.1, 0.15) is 5.54 Å². The highest BCUT2D eigenvalue weighted by Crippen LogP contribution is 2.39. The number of rotatable bonds is 9. The van der Waals surface area contributed by atoms with Gasteiger partial charge < -0.3 is 10.1 Å². The lowest BCUT2D eigenvalue weighted by Crippen LogP contribution is -2.52. The quantitative estimate of drug-likeness (QED) is 0.664. The topological polar surface area (TPSA) is 41.6 Å². The van der Waals surface area contributed by atoms with Gasteiger partial charge in [-0.2, -0.15) is 0 Å². The van der Waals surface area contributed by atoms with E-state index in [1.165, 1.54) is 32.2 Å². The van der Waals surface area contributed by atoms with Crippen molar-refractivity contribution in [3.8, 4) is 0 Å². The predicted molar refractivity (Wildman–Crippen MR) is 85.3 cm³/mol. The van der Waals surface area contributed by atoms with Crippen LogP contribution in [0.1, 0.15) is 65.7 Å². The second-order valence-corrected chi connectivity index (χ2v) is 6.55. The molecule has 0 aromatic heterocycles. The summed E-state index contributed by atoms with van der Waals surface area (Å²) in [5, 5.41) is 3.44. The van der Waals surface area contributed by atoms with E-state index in [-0.39, 0.29) is 5.97 Å². The van der Waals surface area contributed by atoms with Gasteiger partial charge in [0.2, 0.25) is 0 Å². The number of esters is 1. The first-order chi connectivity index (χ1) is 10.2. The van der Waals surface area contributed by atoms with Gasteiger partial charge in [-0.15, -0.1) is 0 Å². The molecule has 0 aliphatic heterocycles. The molecule has 4 nitrogen and oxygen atoms in total. The fourth-order valence-electron chi connectivity index (χ4n) is 3.74. The first-order valence-corrected chi connectivity index (χ1v) is 8.84. The van der Waals surface area contributed by atoms with E-state index >= 15 is 0 Å². The summed E-state index contributed by atoms with van der Waals surface area (Å²) in [6.45, 7) is 8.70. The summed E-state index contributed by atoms with van der Waals surface area (Å²) in [6.07, 6.45) is 8.14. The molecule has 122 valence electrons.